The van der Waals surface area contributed by atoms with Crippen molar-refractivity contribution < 1.29 is 19.4 Å². The molecular formula is C10H21NO4. The summed E-state index contributed by atoms with van der Waals surface area (Å²) < 4.78 is 9.59. The van der Waals surface area contributed by atoms with E-state index in [9.17, 15) is 4.79 Å². The average molecular weight is 219 g/mol. The Bertz CT molecular complexity index is 169. The van der Waals surface area contributed by atoms with Crippen molar-refractivity contribution in [2.45, 2.75) is 19.4 Å². The van der Waals surface area contributed by atoms with E-state index in [0.717, 1.165) is 0 Å². The lowest BCUT2D eigenvalue weighted by Gasteiger charge is -2.18. The van der Waals surface area contributed by atoms with Gasteiger partial charge in [0.15, 0.2) is 0 Å². The molecule has 0 rings (SSSR count). The standard InChI is InChI=1S/C10H21NO4/c1-8(10(13)15-3)6-11-9(4-5-12)7-14-2/h8-9,11-12H,4-7H2,1-3H3. The van der Waals surface area contributed by atoms with Crippen LogP contribution in [0.4, 0.5) is 0 Å². The molecule has 2 N–H and O–H groups in total. The minimum atomic E-state index is -0.234. The van der Waals surface area contributed by atoms with Crippen molar-refractivity contribution in [3.8, 4) is 0 Å². The highest BCUT2D eigenvalue weighted by Gasteiger charge is 2.15. The van der Waals surface area contributed by atoms with Crippen molar-refractivity contribution in [3.63, 3.8) is 0 Å². The lowest BCUT2D eigenvalue weighted by molar-refractivity contribution is -0.144. The van der Waals surface area contributed by atoms with E-state index in [1.165, 1.54) is 7.11 Å². The largest absolute Gasteiger partial charge is 0.469 e. The van der Waals surface area contributed by atoms with E-state index in [4.69, 9.17) is 9.84 Å². The Morgan fingerprint density at radius 1 is 1.47 bits per heavy atom. The van der Waals surface area contributed by atoms with E-state index >= 15 is 0 Å². The molecule has 90 valence electrons. The minimum absolute atomic E-state index is 0.0760. The van der Waals surface area contributed by atoms with Gasteiger partial charge in [-0.3, -0.25) is 4.79 Å². The molecule has 2 atom stereocenters. The molecule has 0 saturated carbocycles. The Kier molecular flexibility index (Phi) is 8.27. The number of nitrogens with one attached hydrogen (secondary N) is 1. The normalized spacial score (nSPS) is 14.7. The number of aliphatic hydroxyl groups excluding tert-OH is 1. The molecular weight excluding hydrogens is 198 g/mol. The smallest absolute Gasteiger partial charge is 0.309 e. The molecule has 0 aliphatic carbocycles. The van der Waals surface area contributed by atoms with Crippen molar-refractivity contribution in [3.05, 3.63) is 0 Å². The molecule has 2 unspecified atom stereocenters. The molecule has 0 fully saturated rings. The SMILES string of the molecule is COCC(CCO)NCC(C)C(=O)OC. The number of carbonyl (C=O) groups excluding carboxylic acids is 1. The van der Waals surface area contributed by atoms with Crippen LogP contribution in [0.3, 0.4) is 0 Å². The second-order valence-corrected chi connectivity index (χ2v) is 3.50. The molecule has 0 radical (unpaired) electrons. The molecule has 0 aromatic carbocycles. The topological polar surface area (TPSA) is 67.8 Å². The van der Waals surface area contributed by atoms with Crippen LogP contribution in [0.2, 0.25) is 0 Å². The van der Waals surface area contributed by atoms with Crippen molar-refractivity contribution in [2.75, 3.05) is 34.0 Å². The number of carbonyl (C=O) groups is 1. The zero-order valence-corrected chi connectivity index (χ0v) is 9.66. The predicted octanol–water partition coefficient (Wildman–Crippen LogP) is -0.217. The van der Waals surface area contributed by atoms with Gasteiger partial charge in [-0.1, -0.05) is 6.92 Å². The summed E-state index contributed by atoms with van der Waals surface area (Å²) >= 11 is 0. The summed E-state index contributed by atoms with van der Waals surface area (Å²) in [6, 6.07) is 0.0760. The lowest BCUT2D eigenvalue weighted by atomic mass is 10.1. The molecule has 0 aliphatic rings. The van der Waals surface area contributed by atoms with Crippen LogP contribution in [0.1, 0.15) is 13.3 Å². The molecule has 0 aromatic heterocycles. The number of methoxy groups -OCH3 is 2. The summed E-state index contributed by atoms with van der Waals surface area (Å²) in [4.78, 5) is 11.1. The second-order valence-electron chi connectivity index (χ2n) is 3.50. The maximum absolute atomic E-state index is 11.1. The second kappa shape index (κ2) is 8.64. The first-order chi connectivity index (χ1) is 7.15. The van der Waals surface area contributed by atoms with E-state index in [1.54, 1.807) is 14.0 Å². The fraction of sp³-hybridized carbons (Fsp3) is 0.900. The van der Waals surface area contributed by atoms with Gasteiger partial charge in [-0.2, -0.15) is 0 Å². The summed E-state index contributed by atoms with van der Waals surface area (Å²) in [5.41, 5.74) is 0. The third-order valence-electron chi connectivity index (χ3n) is 2.16. The number of ether oxygens (including phenoxy) is 2. The molecule has 0 amide bonds. The first kappa shape index (κ1) is 14.3. The fourth-order valence-electron chi connectivity index (χ4n) is 1.23. The van der Waals surface area contributed by atoms with Gasteiger partial charge in [-0.15, -0.1) is 0 Å². The van der Waals surface area contributed by atoms with E-state index in [1.807, 2.05) is 0 Å². The van der Waals surface area contributed by atoms with Gasteiger partial charge in [0.1, 0.15) is 0 Å². The molecule has 5 nitrogen and oxygen atoms in total. The number of aliphatic hydroxyl groups is 1. The Morgan fingerprint density at radius 3 is 2.60 bits per heavy atom. The first-order valence-electron chi connectivity index (χ1n) is 5.06. The van der Waals surface area contributed by atoms with E-state index in [0.29, 0.717) is 19.6 Å². The zero-order valence-electron chi connectivity index (χ0n) is 9.66. The van der Waals surface area contributed by atoms with Gasteiger partial charge in [0.2, 0.25) is 0 Å². The fourth-order valence-corrected chi connectivity index (χ4v) is 1.23. The first-order valence-corrected chi connectivity index (χ1v) is 5.06. The van der Waals surface area contributed by atoms with Gasteiger partial charge in [-0.05, 0) is 6.42 Å². The van der Waals surface area contributed by atoms with Crippen molar-refractivity contribution in [2.24, 2.45) is 5.92 Å². The number of hydrogen-bond donors (Lipinski definition) is 2. The highest BCUT2D eigenvalue weighted by molar-refractivity contribution is 5.72. The van der Waals surface area contributed by atoms with Crippen LogP contribution in [0, 0.1) is 5.92 Å². The van der Waals surface area contributed by atoms with Crippen LogP contribution in [0.5, 0.6) is 0 Å². The molecule has 0 saturated heterocycles. The van der Waals surface area contributed by atoms with Crippen LogP contribution in [-0.4, -0.2) is 51.1 Å². The van der Waals surface area contributed by atoms with Gasteiger partial charge in [0.05, 0.1) is 19.6 Å². The highest BCUT2D eigenvalue weighted by atomic mass is 16.5. The Hall–Kier alpha value is -0.650. The Morgan fingerprint density at radius 2 is 2.13 bits per heavy atom. The molecule has 0 spiro atoms. The summed E-state index contributed by atoms with van der Waals surface area (Å²) in [6.45, 7) is 2.95. The summed E-state index contributed by atoms with van der Waals surface area (Å²) in [7, 11) is 2.98. The van der Waals surface area contributed by atoms with E-state index in [2.05, 4.69) is 10.1 Å². The van der Waals surface area contributed by atoms with Crippen molar-refractivity contribution in [1.29, 1.82) is 0 Å². The van der Waals surface area contributed by atoms with E-state index < -0.39 is 0 Å². The zero-order chi connectivity index (χ0) is 11.7. The van der Waals surface area contributed by atoms with Crippen LogP contribution < -0.4 is 5.32 Å². The monoisotopic (exact) mass is 219 g/mol. The lowest BCUT2D eigenvalue weighted by Crippen LogP contribution is -2.38. The van der Waals surface area contributed by atoms with Crippen LogP contribution in [0.25, 0.3) is 0 Å². The van der Waals surface area contributed by atoms with Gasteiger partial charge in [-0.25, -0.2) is 0 Å². The van der Waals surface area contributed by atoms with Gasteiger partial charge >= 0.3 is 5.97 Å². The molecule has 15 heavy (non-hydrogen) atoms. The van der Waals surface area contributed by atoms with Gasteiger partial charge < -0.3 is 19.9 Å². The van der Waals surface area contributed by atoms with Crippen LogP contribution in [-0.2, 0) is 14.3 Å². The van der Waals surface area contributed by atoms with Gasteiger partial charge in [0, 0.05) is 26.3 Å². The van der Waals surface area contributed by atoms with Crippen LogP contribution >= 0.6 is 0 Å². The molecule has 0 aromatic rings. The molecule has 0 aliphatic heterocycles. The quantitative estimate of drug-likeness (QED) is 0.553. The Balaban J connectivity index is 3.81. The Labute approximate surface area is 90.8 Å². The minimum Gasteiger partial charge on any atom is -0.469 e. The summed E-state index contributed by atoms with van der Waals surface area (Å²) in [5, 5.41) is 11.9. The number of esters is 1. The number of hydrogen-bond acceptors (Lipinski definition) is 5. The third-order valence-corrected chi connectivity index (χ3v) is 2.16. The van der Waals surface area contributed by atoms with Crippen molar-refractivity contribution in [1.82, 2.24) is 5.32 Å². The van der Waals surface area contributed by atoms with Gasteiger partial charge in [0.25, 0.3) is 0 Å². The third kappa shape index (κ3) is 6.43. The maximum atomic E-state index is 11.1. The van der Waals surface area contributed by atoms with Crippen molar-refractivity contribution >= 4 is 5.97 Å². The molecule has 0 heterocycles. The summed E-state index contributed by atoms with van der Waals surface area (Å²) in [6.07, 6.45) is 0.613. The maximum Gasteiger partial charge on any atom is 0.309 e. The highest BCUT2D eigenvalue weighted by Crippen LogP contribution is 1.98. The average Bonchev–Trinajstić information content (AvgIpc) is 2.25. The molecule has 5 heteroatoms. The van der Waals surface area contributed by atoms with E-state index in [-0.39, 0.29) is 24.5 Å². The predicted molar refractivity (Wildman–Crippen MR) is 56.5 cm³/mol. The number of rotatable bonds is 8. The van der Waals surface area contributed by atoms with Crippen LogP contribution in [0.15, 0.2) is 0 Å². The summed E-state index contributed by atoms with van der Waals surface area (Å²) in [5.74, 6) is -0.421. The molecule has 0 bridgehead atoms.